The van der Waals surface area contributed by atoms with Crippen molar-refractivity contribution in [2.75, 3.05) is 0 Å². The van der Waals surface area contributed by atoms with Crippen molar-refractivity contribution in [1.82, 2.24) is 4.98 Å². The summed E-state index contributed by atoms with van der Waals surface area (Å²) in [7, 11) is 0. The Morgan fingerprint density at radius 1 is 1.36 bits per heavy atom. The van der Waals surface area contributed by atoms with Gasteiger partial charge in [0.1, 0.15) is 5.75 Å². The molecule has 0 amide bonds. The Morgan fingerprint density at radius 3 is 2.64 bits per heavy atom. The van der Waals surface area contributed by atoms with Crippen molar-refractivity contribution in [3.63, 3.8) is 0 Å². The van der Waals surface area contributed by atoms with E-state index in [4.69, 9.17) is 21.4 Å². The first kappa shape index (κ1) is 15.9. The lowest BCUT2D eigenvalue weighted by molar-refractivity contribution is -0.132. The molecule has 1 aromatic heterocycles. The van der Waals surface area contributed by atoms with Gasteiger partial charge in [-0.15, -0.1) is 0 Å². The van der Waals surface area contributed by atoms with E-state index >= 15 is 0 Å². The summed E-state index contributed by atoms with van der Waals surface area (Å²) >= 11 is 6.20. The number of ether oxygens (including phenoxy) is 1. The van der Waals surface area contributed by atoms with Crippen LogP contribution in [0.3, 0.4) is 0 Å². The predicted molar refractivity (Wildman–Crippen MR) is 83.5 cm³/mol. The summed E-state index contributed by atoms with van der Waals surface area (Å²) in [4.78, 5) is 14.8. The van der Waals surface area contributed by atoms with Crippen molar-refractivity contribution in [1.29, 1.82) is 0 Å². The number of hydrogen-bond donors (Lipinski definition) is 2. The van der Waals surface area contributed by atoms with Crippen LogP contribution in [0.1, 0.15) is 18.1 Å². The molecule has 0 unspecified atom stereocenters. The molecule has 0 fully saturated rings. The minimum Gasteiger partial charge on any atom is -0.506 e. The number of aromatic hydroxyl groups is 1. The molecule has 0 radical (unpaired) electrons. The fourth-order valence-corrected chi connectivity index (χ4v) is 2.13. The van der Waals surface area contributed by atoms with Gasteiger partial charge >= 0.3 is 5.97 Å². The number of carboxylic acid groups (broad SMARTS) is 1. The molecule has 1 heterocycles. The quantitative estimate of drug-likeness (QED) is 0.832. The predicted octanol–water partition coefficient (Wildman–Crippen LogP) is 4.03. The van der Waals surface area contributed by atoms with Crippen molar-refractivity contribution in [2.24, 2.45) is 0 Å². The SMILES string of the molecule is CC(=Cc1cc(C)c(Oc2ccc(O)cn2)c(Cl)c1)C(=O)O. The van der Waals surface area contributed by atoms with E-state index in [1.165, 1.54) is 31.3 Å². The summed E-state index contributed by atoms with van der Waals surface area (Å²) in [6.07, 6.45) is 2.80. The van der Waals surface area contributed by atoms with E-state index in [0.29, 0.717) is 22.2 Å². The highest BCUT2D eigenvalue weighted by Crippen LogP contribution is 2.34. The number of aliphatic carboxylic acids is 1. The van der Waals surface area contributed by atoms with Gasteiger partial charge in [-0.05, 0) is 49.2 Å². The molecular formula is C16H14ClNO4. The first-order valence-electron chi connectivity index (χ1n) is 6.41. The van der Waals surface area contributed by atoms with E-state index in [-0.39, 0.29) is 11.3 Å². The Morgan fingerprint density at radius 2 is 2.09 bits per heavy atom. The summed E-state index contributed by atoms with van der Waals surface area (Å²) in [5.41, 5.74) is 1.63. The normalized spacial score (nSPS) is 11.3. The third-order valence-corrected chi connectivity index (χ3v) is 3.18. The van der Waals surface area contributed by atoms with Gasteiger partial charge in [-0.1, -0.05) is 11.6 Å². The Labute approximate surface area is 132 Å². The van der Waals surface area contributed by atoms with Crippen LogP contribution in [0, 0.1) is 6.92 Å². The standard InChI is InChI=1S/C16H14ClNO4/c1-9-5-11(6-10(2)16(20)21)7-13(17)15(9)22-14-4-3-12(19)8-18-14/h3-8,19H,1-2H3,(H,20,21). The number of benzene rings is 1. The first-order chi connectivity index (χ1) is 10.4. The number of rotatable bonds is 4. The Hall–Kier alpha value is -2.53. The maximum absolute atomic E-state index is 10.9. The van der Waals surface area contributed by atoms with Gasteiger partial charge < -0.3 is 14.9 Å². The van der Waals surface area contributed by atoms with Crippen LogP contribution in [0.15, 0.2) is 36.0 Å². The number of carbonyl (C=O) groups is 1. The molecule has 0 aliphatic heterocycles. The highest BCUT2D eigenvalue weighted by atomic mass is 35.5. The second kappa shape index (κ2) is 6.49. The molecule has 114 valence electrons. The molecule has 2 aromatic rings. The van der Waals surface area contributed by atoms with Crippen LogP contribution in [0.5, 0.6) is 17.4 Å². The summed E-state index contributed by atoms with van der Waals surface area (Å²) in [5.74, 6) is -0.208. The summed E-state index contributed by atoms with van der Waals surface area (Å²) in [6.45, 7) is 3.31. The zero-order valence-corrected chi connectivity index (χ0v) is 12.8. The van der Waals surface area contributed by atoms with E-state index in [0.717, 1.165) is 5.56 Å². The average molecular weight is 320 g/mol. The van der Waals surface area contributed by atoms with Crippen LogP contribution >= 0.6 is 11.6 Å². The van der Waals surface area contributed by atoms with Crippen LogP contribution in [0.4, 0.5) is 0 Å². The minimum atomic E-state index is -0.984. The topological polar surface area (TPSA) is 79.7 Å². The fourth-order valence-electron chi connectivity index (χ4n) is 1.82. The van der Waals surface area contributed by atoms with Crippen molar-refractivity contribution in [2.45, 2.75) is 13.8 Å². The third-order valence-electron chi connectivity index (χ3n) is 2.90. The summed E-state index contributed by atoms with van der Waals surface area (Å²) < 4.78 is 5.61. The summed E-state index contributed by atoms with van der Waals surface area (Å²) in [5, 5.41) is 18.4. The lowest BCUT2D eigenvalue weighted by Gasteiger charge is -2.11. The van der Waals surface area contributed by atoms with Gasteiger partial charge in [-0.3, -0.25) is 0 Å². The zero-order valence-electron chi connectivity index (χ0n) is 12.0. The van der Waals surface area contributed by atoms with E-state index in [9.17, 15) is 9.90 Å². The van der Waals surface area contributed by atoms with Gasteiger partial charge in [0.2, 0.25) is 5.88 Å². The molecule has 22 heavy (non-hydrogen) atoms. The van der Waals surface area contributed by atoms with E-state index < -0.39 is 5.97 Å². The highest BCUT2D eigenvalue weighted by Gasteiger charge is 2.10. The van der Waals surface area contributed by atoms with Gasteiger partial charge in [0.25, 0.3) is 0 Å². The third kappa shape index (κ3) is 3.77. The zero-order chi connectivity index (χ0) is 16.3. The molecule has 0 atom stereocenters. The Balaban J connectivity index is 2.33. The fraction of sp³-hybridized carbons (Fsp3) is 0.125. The molecule has 1 aromatic carbocycles. The second-order valence-electron chi connectivity index (χ2n) is 4.74. The van der Waals surface area contributed by atoms with Crippen LogP contribution in [0.2, 0.25) is 5.02 Å². The molecule has 2 N–H and O–H groups in total. The van der Waals surface area contributed by atoms with Crippen molar-refractivity contribution in [3.8, 4) is 17.4 Å². The molecule has 0 saturated heterocycles. The van der Waals surface area contributed by atoms with Gasteiger partial charge in [-0.25, -0.2) is 9.78 Å². The molecule has 0 saturated carbocycles. The Kier molecular flexibility index (Phi) is 4.68. The van der Waals surface area contributed by atoms with E-state index in [2.05, 4.69) is 4.98 Å². The van der Waals surface area contributed by atoms with E-state index in [1.54, 1.807) is 19.1 Å². The number of halogens is 1. The maximum atomic E-state index is 10.9. The van der Waals surface area contributed by atoms with Gasteiger partial charge in [0.05, 0.1) is 11.2 Å². The van der Waals surface area contributed by atoms with Crippen LogP contribution in [0.25, 0.3) is 6.08 Å². The number of nitrogens with zero attached hydrogens (tertiary/aromatic N) is 1. The van der Waals surface area contributed by atoms with Crippen molar-refractivity contribution in [3.05, 3.63) is 52.2 Å². The first-order valence-corrected chi connectivity index (χ1v) is 6.79. The molecule has 0 aliphatic rings. The molecule has 0 aliphatic carbocycles. The van der Waals surface area contributed by atoms with Crippen molar-refractivity contribution < 1.29 is 19.7 Å². The average Bonchev–Trinajstić information content (AvgIpc) is 2.44. The molecule has 6 heteroatoms. The van der Waals surface area contributed by atoms with E-state index in [1.807, 2.05) is 0 Å². The maximum Gasteiger partial charge on any atom is 0.331 e. The largest absolute Gasteiger partial charge is 0.506 e. The van der Waals surface area contributed by atoms with Crippen LogP contribution < -0.4 is 4.74 Å². The second-order valence-corrected chi connectivity index (χ2v) is 5.15. The number of carboxylic acids is 1. The van der Waals surface area contributed by atoms with Gasteiger partial charge in [0, 0.05) is 11.6 Å². The molecule has 5 nitrogen and oxygen atoms in total. The molecule has 0 spiro atoms. The Bertz CT molecular complexity index is 715. The number of hydrogen-bond acceptors (Lipinski definition) is 4. The minimum absolute atomic E-state index is 0.0415. The summed E-state index contributed by atoms with van der Waals surface area (Å²) in [6, 6.07) is 6.37. The number of aryl methyl sites for hydroxylation is 1. The molecule has 0 bridgehead atoms. The number of pyridine rings is 1. The van der Waals surface area contributed by atoms with Crippen LogP contribution in [-0.2, 0) is 4.79 Å². The van der Waals surface area contributed by atoms with Crippen molar-refractivity contribution >= 4 is 23.6 Å². The smallest absolute Gasteiger partial charge is 0.331 e. The lowest BCUT2D eigenvalue weighted by Crippen LogP contribution is -1.96. The number of aromatic nitrogens is 1. The lowest BCUT2D eigenvalue weighted by atomic mass is 10.1. The van der Waals surface area contributed by atoms with Gasteiger partial charge in [-0.2, -0.15) is 0 Å². The molecule has 2 rings (SSSR count). The highest BCUT2D eigenvalue weighted by molar-refractivity contribution is 6.32. The van der Waals surface area contributed by atoms with Crippen LogP contribution in [-0.4, -0.2) is 21.2 Å². The monoisotopic (exact) mass is 319 g/mol. The van der Waals surface area contributed by atoms with Gasteiger partial charge in [0.15, 0.2) is 5.75 Å². The molecular weight excluding hydrogens is 306 g/mol.